The Morgan fingerprint density at radius 2 is 2.04 bits per heavy atom. The first kappa shape index (κ1) is 17.9. The molecule has 2 N–H and O–H groups in total. The van der Waals surface area contributed by atoms with E-state index in [2.05, 4.69) is 41.6 Å². The summed E-state index contributed by atoms with van der Waals surface area (Å²) in [6.07, 6.45) is 10.1. The van der Waals surface area contributed by atoms with Gasteiger partial charge < -0.3 is 5.32 Å². The van der Waals surface area contributed by atoms with E-state index in [-0.39, 0.29) is 12.1 Å². The van der Waals surface area contributed by atoms with Crippen molar-refractivity contribution in [3.8, 4) is 11.1 Å². The molecular formula is C19H21BrN6O. The number of nitrogens with zero attached hydrogens (tertiary/aromatic N) is 4. The molecule has 3 aromatic rings. The summed E-state index contributed by atoms with van der Waals surface area (Å²) in [5.74, 6) is 0.520. The Balaban J connectivity index is 1.52. The standard InChI is InChI=1S/C19H21BrN6O/c20-7-8-26-12-14(11-22-26)13-9-17-16(21-10-13)5-6-18(24-17)25-19(27)23-15-3-1-2-4-15/h5-6,9-12,15H,1-4,7-8H2,(H2,23,24,25,27). The molecule has 0 atom stereocenters. The molecule has 1 aliphatic carbocycles. The van der Waals surface area contributed by atoms with E-state index >= 15 is 0 Å². The fourth-order valence-electron chi connectivity index (χ4n) is 3.36. The van der Waals surface area contributed by atoms with Crippen molar-refractivity contribution in [2.24, 2.45) is 0 Å². The van der Waals surface area contributed by atoms with Crippen LogP contribution >= 0.6 is 15.9 Å². The minimum Gasteiger partial charge on any atom is -0.335 e. The number of aromatic nitrogens is 4. The molecule has 0 spiro atoms. The first-order valence-corrected chi connectivity index (χ1v) is 10.3. The van der Waals surface area contributed by atoms with Crippen LogP contribution in [0.2, 0.25) is 0 Å². The van der Waals surface area contributed by atoms with Gasteiger partial charge in [0.05, 0.1) is 23.8 Å². The van der Waals surface area contributed by atoms with E-state index in [1.807, 2.05) is 35.4 Å². The van der Waals surface area contributed by atoms with Crippen molar-refractivity contribution in [2.75, 3.05) is 10.6 Å². The highest BCUT2D eigenvalue weighted by molar-refractivity contribution is 9.09. The number of amides is 2. The number of carbonyl (C=O) groups is 1. The zero-order chi connectivity index (χ0) is 18.6. The van der Waals surface area contributed by atoms with Gasteiger partial charge in [-0.05, 0) is 31.0 Å². The topological polar surface area (TPSA) is 84.7 Å². The van der Waals surface area contributed by atoms with Crippen molar-refractivity contribution in [1.82, 2.24) is 25.1 Å². The highest BCUT2D eigenvalue weighted by Crippen LogP contribution is 2.23. The van der Waals surface area contributed by atoms with Crippen molar-refractivity contribution < 1.29 is 4.79 Å². The second kappa shape index (κ2) is 8.04. The van der Waals surface area contributed by atoms with E-state index < -0.39 is 0 Å². The minimum atomic E-state index is -0.200. The lowest BCUT2D eigenvalue weighted by Gasteiger charge is -2.12. The van der Waals surface area contributed by atoms with Gasteiger partial charge in [-0.2, -0.15) is 5.10 Å². The molecule has 1 fully saturated rings. The number of carbonyl (C=O) groups excluding carboxylic acids is 1. The van der Waals surface area contributed by atoms with Crippen LogP contribution in [0.4, 0.5) is 10.6 Å². The molecule has 8 heteroatoms. The van der Waals surface area contributed by atoms with Gasteiger partial charge in [-0.1, -0.05) is 28.8 Å². The van der Waals surface area contributed by atoms with Gasteiger partial charge in [0.15, 0.2) is 0 Å². The summed E-state index contributed by atoms with van der Waals surface area (Å²) in [7, 11) is 0. The lowest BCUT2D eigenvalue weighted by molar-refractivity contribution is 0.248. The number of fused-ring (bicyclic) bond motifs is 1. The molecule has 27 heavy (non-hydrogen) atoms. The molecule has 4 rings (SSSR count). The van der Waals surface area contributed by atoms with Crippen molar-refractivity contribution in [1.29, 1.82) is 0 Å². The van der Waals surface area contributed by atoms with Gasteiger partial charge in [0.25, 0.3) is 0 Å². The lowest BCUT2D eigenvalue weighted by atomic mass is 10.1. The van der Waals surface area contributed by atoms with Crippen molar-refractivity contribution in [2.45, 2.75) is 38.3 Å². The number of urea groups is 1. The number of hydrogen-bond acceptors (Lipinski definition) is 4. The number of alkyl halides is 1. The van der Waals surface area contributed by atoms with Crippen LogP contribution < -0.4 is 10.6 Å². The molecule has 2 amide bonds. The van der Waals surface area contributed by atoms with Crippen LogP contribution in [0.25, 0.3) is 22.2 Å². The summed E-state index contributed by atoms with van der Waals surface area (Å²) in [5.41, 5.74) is 3.46. The predicted octanol–water partition coefficient (Wildman–Crippen LogP) is 3.95. The van der Waals surface area contributed by atoms with Crippen molar-refractivity contribution in [3.63, 3.8) is 0 Å². The predicted molar refractivity (Wildman–Crippen MR) is 109 cm³/mol. The molecule has 7 nitrogen and oxygen atoms in total. The Kier molecular flexibility index (Phi) is 5.33. The molecule has 140 valence electrons. The summed E-state index contributed by atoms with van der Waals surface area (Å²) in [6.45, 7) is 0.809. The molecule has 1 saturated carbocycles. The maximum absolute atomic E-state index is 12.2. The Bertz CT molecular complexity index is 950. The van der Waals surface area contributed by atoms with E-state index in [1.165, 1.54) is 12.8 Å². The number of rotatable bonds is 5. The molecule has 0 aromatic carbocycles. The van der Waals surface area contributed by atoms with Gasteiger partial charge in [-0.15, -0.1) is 0 Å². The Morgan fingerprint density at radius 1 is 1.19 bits per heavy atom. The van der Waals surface area contributed by atoms with Crippen LogP contribution in [0.3, 0.4) is 0 Å². The van der Waals surface area contributed by atoms with E-state index in [0.717, 1.165) is 46.9 Å². The molecule has 0 unspecified atom stereocenters. The van der Waals surface area contributed by atoms with Gasteiger partial charge >= 0.3 is 6.03 Å². The number of halogens is 1. The average molecular weight is 429 g/mol. The van der Waals surface area contributed by atoms with Crippen molar-refractivity contribution in [3.05, 3.63) is 36.8 Å². The lowest BCUT2D eigenvalue weighted by Crippen LogP contribution is -2.36. The van der Waals surface area contributed by atoms with Crippen LogP contribution in [-0.4, -0.2) is 37.2 Å². The van der Waals surface area contributed by atoms with Crippen LogP contribution in [-0.2, 0) is 6.54 Å². The quantitative estimate of drug-likeness (QED) is 0.602. The fourth-order valence-corrected chi connectivity index (χ4v) is 3.73. The summed E-state index contributed by atoms with van der Waals surface area (Å²) in [4.78, 5) is 21.2. The third-order valence-corrected chi connectivity index (χ3v) is 5.10. The van der Waals surface area contributed by atoms with E-state index in [1.54, 1.807) is 6.07 Å². The average Bonchev–Trinajstić information content (AvgIpc) is 3.33. The molecule has 0 bridgehead atoms. The first-order valence-electron chi connectivity index (χ1n) is 9.14. The van der Waals surface area contributed by atoms with E-state index in [4.69, 9.17) is 0 Å². The Labute approximate surface area is 165 Å². The SMILES string of the molecule is O=C(Nc1ccc2ncc(-c3cnn(CCBr)c3)cc2n1)NC1CCCC1. The Morgan fingerprint density at radius 3 is 2.85 bits per heavy atom. The van der Waals surface area contributed by atoms with Crippen LogP contribution in [0.5, 0.6) is 0 Å². The number of aryl methyl sites for hydroxylation is 1. The number of hydrogen-bond donors (Lipinski definition) is 2. The molecule has 0 radical (unpaired) electrons. The van der Waals surface area contributed by atoms with Gasteiger partial charge in [-0.25, -0.2) is 9.78 Å². The monoisotopic (exact) mass is 428 g/mol. The molecular weight excluding hydrogens is 408 g/mol. The van der Waals surface area contributed by atoms with Gasteiger partial charge in [-0.3, -0.25) is 15.0 Å². The van der Waals surface area contributed by atoms with Crippen LogP contribution in [0.15, 0.2) is 36.8 Å². The third kappa shape index (κ3) is 4.27. The molecule has 0 aliphatic heterocycles. The highest BCUT2D eigenvalue weighted by Gasteiger charge is 2.17. The summed E-state index contributed by atoms with van der Waals surface area (Å²) in [6, 6.07) is 5.68. The minimum absolute atomic E-state index is 0.200. The van der Waals surface area contributed by atoms with E-state index in [9.17, 15) is 4.79 Å². The molecule has 1 aliphatic rings. The largest absolute Gasteiger partial charge is 0.335 e. The molecule has 3 heterocycles. The van der Waals surface area contributed by atoms with E-state index in [0.29, 0.717) is 5.82 Å². The van der Waals surface area contributed by atoms with Crippen molar-refractivity contribution >= 4 is 38.8 Å². The fraction of sp³-hybridized carbons (Fsp3) is 0.368. The number of pyridine rings is 2. The molecule has 3 aromatic heterocycles. The Hall–Kier alpha value is -2.48. The smallest absolute Gasteiger partial charge is 0.320 e. The first-order chi connectivity index (χ1) is 13.2. The maximum Gasteiger partial charge on any atom is 0.320 e. The van der Waals surface area contributed by atoms with Gasteiger partial charge in [0.1, 0.15) is 5.82 Å². The summed E-state index contributed by atoms with van der Waals surface area (Å²) < 4.78 is 1.88. The second-order valence-corrected chi connectivity index (χ2v) is 7.51. The zero-order valence-corrected chi connectivity index (χ0v) is 16.4. The van der Waals surface area contributed by atoms with Crippen LogP contribution in [0.1, 0.15) is 25.7 Å². The van der Waals surface area contributed by atoms with Crippen LogP contribution in [0, 0.1) is 0 Å². The normalized spacial score (nSPS) is 14.6. The number of nitrogens with one attached hydrogen (secondary N) is 2. The van der Waals surface area contributed by atoms with Gasteiger partial charge in [0.2, 0.25) is 0 Å². The summed E-state index contributed by atoms with van der Waals surface area (Å²) in [5, 5.41) is 11.0. The van der Waals surface area contributed by atoms with Gasteiger partial charge in [0, 0.05) is 34.9 Å². The molecule has 0 saturated heterocycles. The summed E-state index contributed by atoms with van der Waals surface area (Å²) >= 11 is 3.42. The second-order valence-electron chi connectivity index (χ2n) is 6.72. The maximum atomic E-state index is 12.2. The number of anilines is 1. The third-order valence-electron chi connectivity index (χ3n) is 4.75. The zero-order valence-electron chi connectivity index (χ0n) is 14.9. The highest BCUT2D eigenvalue weighted by atomic mass is 79.9.